The van der Waals surface area contributed by atoms with Gasteiger partial charge in [-0.1, -0.05) is 0 Å². The van der Waals surface area contributed by atoms with Crippen LogP contribution >= 0.6 is 11.3 Å². The number of nitrogens with zero attached hydrogens (tertiary/aromatic N) is 2. The molecule has 1 atom stereocenters. The molecule has 1 aromatic heterocycles. The Hall–Kier alpha value is -0.910. The topological polar surface area (TPSA) is 32.8 Å². The van der Waals surface area contributed by atoms with E-state index in [1.54, 1.807) is 11.3 Å². The van der Waals surface area contributed by atoms with E-state index in [-0.39, 0.29) is 5.41 Å². The van der Waals surface area contributed by atoms with Crippen LogP contribution in [0.4, 0.5) is 5.00 Å². The zero-order valence-electron chi connectivity index (χ0n) is 13.9. The molecule has 5 heteroatoms. The predicted octanol–water partition coefficient (Wildman–Crippen LogP) is 2.91. The monoisotopic (exact) mass is 334 g/mol. The van der Waals surface area contributed by atoms with E-state index in [1.807, 2.05) is 4.90 Å². The van der Waals surface area contributed by atoms with Crippen LogP contribution in [0.5, 0.6) is 0 Å². The number of thiophene rings is 1. The fourth-order valence-electron chi connectivity index (χ4n) is 4.41. The number of hydrogen-bond acceptors (Lipinski definition) is 4. The summed E-state index contributed by atoms with van der Waals surface area (Å²) in [6, 6.07) is 4.22. The predicted molar refractivity (Wildman–Crippen MR) is 93.1 cm³/mol. The first-order valence-corrected chi connectivity index (χ1v) is 9.62. The third-order valence-electron chi connectivity index (χ3n) is 5.69. The highest BCUT2D eigenvalue weighted by Crippen LogP contribution is 2.43. The molecule has 126 valence electrons. The summed E-state index contributed by atoms with van der Waals surface area (Å²) in [4.78, 5) is 18.5. The second kappa shape index (κ2) is 6.19. The molecule has 4 rings (SSSR count). The number of carbonyl (C=O) groups is 1. The summed E-state index contributed by atoms with van der Waals surface area (Å²) in [6.07, 6.45) is 4.29. The fraction of sp³-hybridized carbons (Fsp3) is 0.722. The van der Waals surface area contributed by atoms with E-state index in [0.29, 0.717) is 5.91 Å². The molecule has 1 aromatic rings. The summed E-state index contributed by atoms with van der Waals surface area (Å²) < 4.78 is 5.47. The van der Waals surface area contributed by atoms with E-state index in [4.69, 9.17) is 4.74 Å². The third kappa shape index (κ3) is 3.19. The van der Waals surface area contributed by atoms with Crippen molar-refractivity contribution in [1.82, 2.24) is 4.90 Å². The van der Waals surface area contributed by atoms with Crippen molar-refractivity contribution in [1.29, 1.82) is 0 Å². The van der Waals surface area contributed by atoms with Crippen molar-refractivity contribution >= 4 is 22.2 Å². The number of rotatable bonds is 3. The number of amides is 1. The van der Waals surface area contributed by atoms with Crippen molar-refractivity contribution in [3.63, 3.8) is 0 Å². The zero-order chi connectivity index (χ0) is 15.9. The number of likely N-dealkylation sites (tertiary alicyclic amines) is 1. The highest BCUT2D eigenvalue weighted by molar-refractivity contribution is 7.16. The summed E-state index contributed by atoms with van der Waals surface area (Å²) in [5.41, 5.74) is 0.195. The lowest BCUT2D eigenvalue weighted by Gasteiger charge is -2.28. The normalized spacial score (nSPS) is 30.0. The lowest BCUT2D eigenvalue weighted by atomic mass is 9.86. The smallest absolute Gasteiger partial charge is 0.228 e. The Balaban J connectivity index is 1.39. The van der Waals surface area contributed by atoms with Gasteiger partial charge < -0.3 is 14.5 Å². The number of anilines is 1. The molecule has 3 saturated heterocycles. The molecule has 3 aliphatic heterocycles. The number of aryl methyl sites for hydroxylation is 1. The van der Waals surface area contributed by atoms with E-state index in [9.17, 15) is 4.79 Å². The number of ether oxygens (including phenoxy) is 1. The van der Waals surface area contributed by atoms with Gasteiger partial charge in [-0.3, -0.25) is 4.79 Å². The first-order chi connectivity index (χ1) is 11.1. The van der Waals surface area contributed by atoms with Crippen LogP contribution in [0.1, 0.15) is 30.6 Å². The van der Waals surface area contributed by atoms with E-state index < -0.39 is 0 Å². The van der Waals surface area contributed by atoms with E-state index in [0.717, 1.165) is 50.2 Å². The molecule has 0 N–H and O–H groups in total. The maximum absolute atomic E-state index is 12.5. The van der Waals surface area contributed by atoms with Crippen LogP contribution in [0.3, 0.4) is 0 Å². The van der Waals surface area contributed by atoms with Crippen LogP contribution in [-0.4, -0.2) is 50.2 Å². The van der Waals surface area contributed by atoms with Gasteiger partial charge >= 0.3 is 0 Å². The van der Waals surface area contributed by atoms with Crippen molar-refractivity contribution < 1.29 is 9.53 Å². The average Bonchev–Trinajstić information content (AvgIpc) is 3.21. The average molecular weight is 334 g/mol. The summed E-state index contributed by atoms with van der Waals surface area (Å²) in [5.74, 6) is 1.10. The Labute approximate surface area is 142 Å². The first kappa shape index (κ1) is 15.6. The Morgan fingerprint density at radius 1 is 1.30 bits per heavy atom. The van der Waals surface area contributed by atoms with Gasteiger partial charge in [-0.2, -0.15) is 0 Å². The maximum atomic E-state index is 12.5. The molecule has 3 aliphatic rings. The highest BCUT2D eigenvalue weighted by Gasteiger charge is 2.48. The number of carbonyl (C=O) groups excluding carboxylic acids is 1. The van der Waals surface area contributed by atoms with Crippen molar-refractivity contribution in [2.45, 2.75) is 32.6 Å². The van der Waals surface area contributed by atoms with Crippen LogP contribution in [0, 0.1) is 18.3 Å². The molecule has 1 spiro atoms. The minimum absolute atomic E-state index is 0.195. The molecule has 4 nitrogen and oxygen atoms in total. The third-order valence-corrected chi connectivity index (χ3v) is 6.71. The van der Waals surface area contributed by atoms with Gasteiger partial charge in [0, 0.05) is 49.6 Å². The first-order valence-electron chi connectivity index (χ1n) is 8.81. The minimum Gasteiger partial charge on any atom is -0.381 e. The fourth-order valence-corrected chi connectivity index (χ4v) is 5.29. The van der Waals surface area contributed by atoms with Crippen molar-refractivity contribution in [2.24, 2.45) is 11.3 Å². The molecule has 3 fully saturated rings. The van der Waals surface area contributed by atoms with Gasteiger partial charge in [-0.25, -0.2) is 0 Å². The molecule has 0 saturated carbocycles. The van der Waals surface area contributed by atoms with Gasteiger partial charge in [-0.05, 0) is 50.8 Å². The standard InChI is InChI=1S/C18H26N2O2S/c1-14-2-3-17(23-14)20-13-18(10-16(20)21)6-7-19(12-18)11-15-4-8-22-9-5-15/h2-3,15H,4-13H2,1H3. The lowest BCUT2D eigenvalue weighted by Crippen LogP contribution is -2.34. The second-order valence-electron chi connectivity index (χ2n) is 7.58. The largest absolute Gasteiger partial charge is 0.381 e. The van der Waals surface area contributed by atoms with Crippen LogP contribution < -0.4 is 4.90 Å². The van der Waals surface area contributed by atoms with Gasteiger partial charge in [-0.15, -0.1) is 11.3 Å². The molecule has 1 amide bonds. The van der Waals surface area contributed by atoms with Gasteiger partial charge in [0.05, 0.1) is 5.00 Å². The SMILES string of the molecule is Cc1ccc(N2CC3(CCN(CC4CCOCC4)C3)CC2=O)s1. The van der Waals surface area contributed by atoms with Crippen LogP contribution in [-0.2, 0) is 9.53 Å². The summed E-state index contributed by atoms with van der Waals surface area (Å²) in [7, 11) is 0. The maximum Gasteiger partial charge on any atom is 0.228 e. The minimum atomic E-state index is 0.195. The van der Waals surface area contributed by atoms with E-state index >= 15 is 0 Å². The zero-order valence-corrected chi connectivity index (χ0v) is 14.7. The van der Waals surface area contributed by atoms with E-state index in [2.05, 4.69) is 24.0 Å². The molecule has 1 unspecified atom stereocenters. The molecule has 0 aromatic carbocycles. The quantitative estimate of drug-likeness (QED) is 0.852. The highest BCUT2D eigenvalue weighted by atomic mass is 32.1. The summed E-state index contributed by atoms with van der Waals surface area (Å²) in [6.45, 7) is 8.31. The number of hydrogen-bond donors (Lipinski definition) is 0. The molecule has 0 aliphatic carbocycles. The Kier molecular flexibility index (Phi) is 4.20. The van der Waals surface area contributed by atoms with Gasteiger partial charge in [0.1, 0.15) is 0 Å². The second-order valence-corrected chi connectivity index (χ2v) is 8.85. The van der Waals surface area contributed by atoms with Crippen LogP contribution in [0.25, 0.3) is 0 Å². The summed E-state index contributed by atoms with van der Waals surface area (Å²) >= 11 is 1.74. The van der Waals surface area contributed by atoms with Crippen LogP contribution in [0.15, 0.2) is 12.1 Å². The Bertz CT molecular complexity index is 581. The Morgan fingerprint density at radius 2 is 2.13 bits per heavy atom. The molecular weight excluding hydrogens is 308 g/mol. The summed E-state index contributed by atoms with van der Waals surface area (Å²) in [5, 5.41) is 1.13. The van der Waals surface area contributed by atoms with Gasteiger partial charge in [0.15, 0.2) is 0 Å². The van der Waals surface area contributed by atoms with Crippen LogP contribution in [0.2, 0.25) is 0 Å². The molecule has 0 radical (unpaired) electrons. The van der Waals surface area contributed by atoms with E-state index in [1.165, 1.54) is 30.7 Å². The lowest BCUT2D eigenvalue weighted by molar-refractivity contribution is -0.117. The molecular formula is C18H26N2O2S. The molecule has 23 heavy (non-hydrogen) atoms. The van der Waals surface area contributed by atoms with Gasteiger partial charge in [0.2, 0.25) is 5.91 Å². The van der Waals surface area contributed by atoms with Crippen molar-refractivity contribution in [3.8, 4) is 0 Å². The molecule has 0 bridgehead atoms. The molecule has 4 heterocycles. The van der Waals surface area contributed by atoms with Crippen molar-refractivity contribution in [3.05, 3.63) is 17.0 Å². The van der Waals surface area contributed by atoms with Gasteiger partial charge in [0.25, 0.3) is 0 Å². The van der Waals surface area contributed by atoms with Crippen molar-refractivity contribution in [2.75, 3.05) is 44.3 Å². The Morgan fingerprint density at radius 3 is 2.87 bits per heavy atom.